The Morgan fingerprint density at radius 2 is 1.75 bits per heavy atom. The lowest BCUT2D eigenvalue weighted by Gasteiger charge is -2.14. The Labute approximate surface area is 144 Å². The van der Waals surface area contributed by atoms with Crippen LogP contribution in [0.4, 0.5) is 5.69 Å². The van der Waals surface area contributed by atoms with E-state index in [0.29, 0.717) is 0 Å². The Morgan fingerprint density at radius 1 is 1.00 bits per heavy atom. The zero-order valence-electron chi connectivity index (χ0n) is 14.7. The van der Waals surface area contributed by atoms with Gasteiger partial charge in [-0.25, -0.2) is 4.98 Å². The number of hydrogen-bond donors (Lipinski definition) is 1. The number of fused-ring (bicyclic) bond motifs is 1. The van der Waals surface area contributed by atoms with Crippen LogP contribution in [0.2, 0.25) is 0 Å². The number of aryl methyl sites for hydroxylation is 1. The molecule has 0 radical (unpaired) electrons. The van der Waals surface area contributed by atoms with Crippen LogP contribution in [0.15, 0.2) is 54.6 Å². The van der Waals surface area contributed by atoms with Crippen molar-refractivity contribution in [2.24, 2.45) is 0 Å². The molecule has 1 heterocycles. The van der Waals surface area contributed by atoms with Crippen LogP contribution >= 0.6 is 0 Å². The molecule has 1 N–H and O–H groups in total. The van der Waals surface area contributed by atoms with Gasteiger partial charge in [-0.2, -0.15) is 0 Å². The van der Waals surface area contributed by atoms with Crippen molar-refractivity contribution < 1.29 is 0 Å². The summed E-state index contributed by atoms with van der Waals surface area (Å²) in [6, 6.07) is 19.2. The second-order valence-electron chi connectivity index (χ2n) is 6.35. The van der Waals surface area contributed by atoms with Crippen LogP contribution in [0.3, 0.4) is 0 Å². The van der Waals surface area contributed by atoms with Gasteiger partial charge in [-0.15, -0.1) is 0 Å². The van der Waals surface area contributed by atoms with Crippen LogP contribution in [0.5, 0.6) is 0 Å². The third-order valence-electron chi connectivity index (χ3n) is 4.25. The van der Waals surface area contributed by atoms with E-state index in [0.717, 1.165) is 42.0 Å². The van der Waals surface area contributed by atoms with Gasteiger partial charge in [0.25, 0.3) is 0 Å². The molecule has 0 unspecified atom stereocenters. The number of para-hydroxylation sites is 1. The first-order valence-corrected chi connectivity index (χ1v) is 8.55. The average Bonchev–Trinajstić information content (AvgIpc) is 2.61. The second kappa shape index (κ2) is 7.45. The van der Waals surface area contributed by atoms with Crippen LogP contribution in [-0.4, -0.2) is 37.1 Å². The largest absolute Gasteiger partial charge is 0.383 e. The van der Waals surface area contributed by atoms with Crippen LogP contribution in [0.1, 0.15) is 12.5 Å². The van der Waals surface area contributed by atoms with Gasteiger partial charge in [-0.1, -0.05) is 49.4 Å². The van der Waals surface area contributed by atoms with Gasteiger partial charge in [0.2, 0.25) is 0 Å². The average molecular weight is 319 g/mol. The lowest BCUT2D eigenvalue weighted by atomic mass is 10.0. The highest BCUT2D eigenvalue weighted by atomic mass is 15.1. The molecule has 0 saturated carbocycles. The number of nitrogens with one attached hydrogen (secondary N) is 1. The molecule has 24 heavy (non-hydrogen) atoms. The molecule has 3 heteroatoms. The molecule has 0 aliphatic rings. The molecule has 0 fully saturated rings. The minimum absolute atomic E-state index is 0.912. The zero-order chi connectivity index (χ0) is 16.9. The Hall–Kier alpha value is -2.39. The highest BCUT2D eigenvalue weighted by Crippen LogP contribution is 2.28. The van der Waals surface area contributed by atoms with Gasteiger partial charge < -0.3 is 10.2 Å². The summed E-state index contributed by atoms with van der Waals surface area (Å²) in [5, 5.41) is 4.74. The van der Waals surface area contributed by atoms with Crippen molar-refractivity contribution in [3.8, 4) is 11.3 Å². The van der Waals surface area contributed by atoms with Gasteiger partial charge >= 0.3 is 0 Å². The SMILES string of the molecule is CCc1ccc(-c2cc(NCCN(C)C)c3ccccc3n2)cc1. The first-order chi connectivity index (χ1) is 11.7. The Bertz CT molecular complexity index is 807. The number of hydrogen-bond acceptors (Lipinski definition) is 3. The number of benzene rings is 2. The third-order valence-corrected chi connectivity index (χ3v) is 4.25. The number of likely N-dealkylation sites (N-methyl/N-ethyl adjacent to an activating group) is 1. The maximum Gasteiger partial charge on any atom is 0.0730 e. The van der Waals surface area contributed by atoms with E-state index in [-0.39, 0.29) is 0 Å². The molecule has 0 spiro atoms. The number of pyridine rings is 1. The summed E-state index contributed by atoms with van der Waals surface area (Å²) in [7, 11) is 4.18. The molecule has 3 nitrogen and oxygen atoms in total. The first kappa shape index (κ1) is 16.5. The van der Waals surface area contributed by atoms with E-state index < -0.39 is 0 Å². The van der Waals surface area contributed by atoms with Crippen LogP contribution in [-0.2, 0) is 6.42 Å². The summed E-state index contributed by atoms with van der Waals surface area (Å²) in [5.41, 5.74) is 5.71. The third kappa shape index (κ3) is 3.74. The Morgan fingerprint density at radius 3 is 2.46 bits per heavy atom. The molecular weight excluding hydrogens is 294 g/mol. The minimum atomic E-state index is 0.912. The molecule has 2 aromatic carbocycles. The highest BCUT2D eigenvalue weighted by Gasteiger charge is 2.07. The fraction of sp³-hybridized carbons (Fsp3) is 0.286. The molecule has 0 atom stereocenters. The van der Waals surface area contributed by atoms with Crippen LogP contribution in [0.25, 0.3) is 22.2 Å². The van der Waals surface area contributed by atoms with Crippen molar-refractivity contribution in [2.45, 2.75) is 13.3 Å². The van der Waals surface area contributed by atoms with Gasteiger partial charge in [0.05, 0.1) is 11.2 Å². The summed E-state index contributed by atoms with van der Waals surface area (Å²) in [6.45, 7) is 4.09. The van der Waals surface area contributed by atoms with Crippen molar-refractivity contribution in [2.75, 3.05) is 32.5 Å². The van der Waals surface area contributed by atoms with Crippen molar-refractivity contribution in [1.29, 1.82) is 0 Å². The topological polar surface area (TPSA) is 28.2 Å². The Kier molecular flexibility index (Phi) is 5.11. The van der Waals surface area contributed by atoms with E-state index in [4.69, 9.17) is 4.98 Å². The summed E-state index contributed by atoms with van der Waals surface area (Å²) >= 11 is 0. The van der Waals surface area contributed by atoms with Crippen LogP contribution in [0, 0.1) is 0 Å². The maximum absolute atomic E-state index is 4.85. The van der Waals surface area contributed by atoms with Crippen molar-refractivity contribution in [3.05, 3.63) is 60.2 Å². The maximum atomic E-state index is 4.85. The molecule has 0 amide bonds. The molecule has 3 rings (SSSR count). The molecule has 0 aliphatic heterocycles. The molecule has 0 bridgehead atoms. The number of nitrogens with zero attached hydrogens (tertiary/aromatic N) is 2. The Balaban J connectivity index is 1.98. The normalized spacial score (nSPS) is 11.2. The fourth-order valence-electron chi connectivity index (χ4n) is 2.79. The second-order valence-corrected chi connectivity index (χ2v) is 6.35. The zero-order valence-corrected chi connectivity index (χ0v) is 14.7. The van der Waals surface area contributed by atoms with E-state index in [1.54, 1.807) is 0 Å². The van der Waals surface area contributed by atoms with Gasteiger partial charge in [-0.3, -0.25) is 0 Å². The quantitative estimate of drug-likeness (QED) is 0.728. The van der Waals surface area contributed by atoms with E-state index in [1.807, 2.05) is 6.07 Å². The molecule has 124 valence electrons. The molecule has 3 aromatic rings. The summed E-state index contributed by atoms with van der Waals surface area (Å²) in [5.74, 6) is 0. The first-order valence-electron chi connectivity index (χ1n) is 8.55. The van der Waals surface area contributed by atoms with Gasteiger partial charge in [0, 0.05) is 29.7 Å². The number of aromatic nitrogens is 1. The smallest absolute Gasteiger partial charge is 0.0730 e. The van der Waals surface area contributed by atoms with Gasteiger partial charge in [0.1, 0.15) is 0 Å². The lowest BCUT2D eigenvalue weighted by molar-refractivity contribution is 0.425. The van der Waals surface area contributed by atoms with Crippen LogP contribution < -0.4 is 5.32 Å². The standard InChI is InChI=1S/C21H25N3/c1-4-16-9-11-17(12-10-16)20-15-21(22-13-14-24(2)3)18-7-5-6-8-19(18)23-20/h5-12,15H,4,13-14H2,1-3H3,(H,22,23). The van der Waals surface area contributed by atoms with E-state index >= 15 is 0 Å². The number of anilines is 1. The van der Waals surface area contributed by atoms with Crippen molar-refractivity contribution in [1.82, 2.24) is 9.88 Å². The molecular formula is C21H25N3. The van der Waals surface area contributed by atoms with E-state index in [1.165, 1.54) is 10.9 Å². The molecule has 1 aromatic heterocycles. The fourth-order valence-corrected chi connectivity index (χ4v) is 2.79. The highest BCUT2D eigenvalue weighted by molar-refractivity contribution is 5.93. The summed E-state index contributed by atoms with van der Waals surface area (Å²) in [6.07, 6.45) is 1.06. The van der Waals surface area contributed by atoms with Crippen molar-refractivity contribution >= 4 is 16.6 Å². The van der Waals surface area contributed by atoms with Gasteiger partial charge in [0.15, 0.2) is 0 Å². The molecule has 0 saturated heterocycles. The minimum Gasteiger partial charge on any atom is -0.383 e. The molecule has 0 aliphatic carbocycles. The predicted molar refractivity (Wildman–Crippen MR) is 104 cm³/mol. The summed E-state index contributed by atoms with van der Waals surface area (Å²) < 4.78 is 0. The lowest BCUT2D eigenvalue weighted by Crippen LogP contribution is -2.20. The predicted octanol–water partition coefficient (Wildman–Crippen LogP) is 4.44. The monoisotopic (exact) mass is 319 g/mol. The summed E-state index contributed by atoms with van der Waals surface area (Å²) in [4.78, 5) is 7.04. The van der Waals surface area contributed by atoms with Gasteiger partial charge in [-0.05, 0) is 38.2 Å². The number of rotatable bonds is 6. The van der Waals surface area contributed by atoms with E-state index in [2.05, 4.69) is 79.8 Å². The van der Waals surface area contributed by atoms with E-state index in [9.17, 15) is 0 Å². The van der Waals surface area contributed by atoms with Crippen molar-refractivity contribution in [3.63, 3.8) is 0 Å².